The summed E-state index contributed by atoms with van der Waals surface area (Å²) in [7, 11) is 1.59. The number of hydrogen-bond acceptors (Lipinski definition) is 4. The van der Waals surface area contributed by atoms with Crippen molar-refractivity contribution < 1.29 is 24.2 Å². The molecular weight excluding hydrogens is 276 g/mol. The molecule has 0 saturated carbocycles. The highest BCUT2D eigenvalue weighted by atomic mass is 16.5. The molecule has 1 aromatic carbocycles. The highest BCUT2D eigenvalue weighted by Crippen LogP contribution is 2.28. The summed E-state index contributed by atoms with van der Waals surface area (Å²) in [6.45, 7) is 0.467. The van der Waals surface area contributed by atoms with Gasteiger partial charge in [-0.1, -0.05) is 6.07 Å². The van der Waals surface area contributed by atoms with Crippen molar-refractivity contribution in [1.29, 1.82) is 0 Å². The summed E-state index contributed by atoms with van der Waals surface area (Å²) in [5, 5.41) is 13.8. The Morgan fingerprint density at radius 2 is 2.29 bits per heavy atom. The molecular formula is C14H18N2O5. The van der Waals surface area contributed by atoms with E-state index < -0.39 is 5.97 Å². The molecule has 2 rings (SSSR count). The number of methoxy groups -OCH3 is 1. The minimum atomic E-state index is -0.945. The van der Waals surface area contributed by atoms with E-state index >= 15 is 0 Å². The van der Waals surface area contributed by atoms with E-state index in [1.54, 1.807) is 7.11 Å². The fourth-order valence-corrected chi connectivity index (χ4v) is 2.09. The van der Waals surface area contributed by atoms with Gasteiger partial charge >= 0.3 is 12.0 Å². The van der Waals surface area contributed by atoms with E-state index in [-0.39, 0.29) is 25.0 Å². The zero-order chi connectivity index (χ0) is 15.2. The number of carboxylic acid groups (broad SMARTS) is 1. The van der Waals surface area contributed by atoms with Crippen molar-refractivity contribution >= 4 is 12.0 Å². The zero-order valence-electron chi connectivity index (χ0n) is 11.7. The van der Waals surface area contributed by atoms with E-state index in [1.165, 1.54) is 0 Å². The van der Waals surface area contributed by atoms with E-state index in [4.69, 9.17) is 14.6 Å². The van der Waals surface area contributed by atoms with Crippen LogP contribution in [-0.2, 0) is 11.2 Å². The van der Waals surface area contributed by atoms with Gasteiger partial charge in [0.1, 0.15) is 18.1 Å². The van der Waals surface area contributed by atoms with Gasteiger partial charge in [0.2, 0.25) is 0 Å². The van der Waals surface area contributed by atoms with Gasteiger partial charge in [-0.05, 0) is 18.1 Å². The highest BCUT2D eigenvalue weighted by molar-refractivity contribution is 5.75. The highest BCUT2D eigenvalue weighted by Gasteiger charge is 2.21. The lowest BCUT2D eigenvalue weighted by molar-refractivity contribution is -0.136. The molecule has 2 amide bonds. The van der Waals surface area contributed by atoms with Gasteiger partial charge in [-0.2, -0.15) is 0 Å². The molecule has 21 heavy (non-hydrogen) atoms. The van der Waals surface area contributed by atoms with Gasteiger partial charge < -0.3 is 25.2 Å². The molecule has 0 fully saturated rings. The number of carbonyl (C=O) groups is 2. The lowest BCUT2D eigenvalue weighted by atomic mass is 10.0. The molecule has 0 radical (unpaired) electrons. The number of ether oxygens (including phenoxy) is 2. The van der Waals surface area contributed by atoms with Crippen LogP contribution in [0.1, 0.15) is 12.0 Å². The van der Waals surface area contributed by atoms with Crippen LogP contribution < -0.4 is 20.1 Å². The van der Waals surface area contributed by atoms with E-state index in [9.17, 15) is 9.59 Å². The van der Waals surface area contributed by atoms with Crippen molar-refractivity contribution in [3.05, 3.63) is 23.8 Å². The van der Waals surface area contributed by atoms with Crippen LogP contribution in [0.3, 0.4) is 0 Å². The van der Waals surface area contributed by atoms with Crippen molar-refractivity contribution in [3.8, 4) is 11.5 Å². The van der Waals surface area contributed by atoms with Gasteiger partial charge in [0.25, 0.3) is 0 Å². The first-order valence-electron chi connectivity index (χ1n) is 6.64. The standard InChI is InChI=1S/C14H18N2O5/c1-20-11-3-2-9-6-10(8-21-12(9)7-11)16-14(19)15-5-4-13(17)18/h2-3,7,10H,4-6,8H2,1H3,(H,17,18)(H2,15,16,19). The average Bonchev–Trinajstić information content (AvgIpc) is 2.46. The summed E-state index contributed by atoms with van der Waals surface area (Å²) >= 11 is 0. The van der Waals surface area contributed by atoms with Crippen molar-refractivity contribution in [3.63, 3.8) is 0 Å². The van der Waals surface area contributed by atoms with Gasteiger partial charge in [-0.15, -0.1) is 0 Å². The molecule has 114 valence electrons. The predicted octanol–water partition coefficient (Wildman–Crippen LogP) is 0.773. The van der Waals surface area contributed by atoms with E-state index in [1.807, 2.05) is 18.2 Å². The molecule has 1 aliphatic rings. The monoisotopic (exact) mass is 294 g/mol. The number of amides is 2. The zero-order valence-corrected chi connectivity index (χ0v) is 11.7. The number of rotatable bonds is 5. The summed E-state index contributed by atoms with van der Waals surface area (Å²) < 4.78 is 10.7. The molecule has 1 aliphatic heterocycles. The Morgan fingerprint density at radius 1 is 1.48 bits per heavy atom. The lowest BCUT2D eigenvalue weighted by Gasteiger charge is -2.26. The summed E-state index contributed by atoms with van der Waals surface area (Å²) in [6, 6.07) is 5.04. The van der Waals surface area contributed by atoms with Crippen molar-refractivity contribution in [2.24, 2.45) is 0 Å². The first-order chi connectivity index (χ1) is 10.1. The fourth-order valence-electron chi connectivity index (χ4n) is 2.09. The third-order valence-electron chi connectivity index (χ3n) is 3.14. The Bertz CT molecular complexity index is 532. The number of carboxylic acids is 1. The number of benzene rings is 1. The Morgan fingerprint density at radius 3 is 3.00 bits per heavy atom. The maximum atomic E-state index is 11.6. The van der Waals surface area contributed by atoms with Crippen LogP contribution in [0.2, 0.25) is 0 Å². The van der Waals surface area contributed by atoms with Crippen LogP contribution in [0.5, 0.6) is 11.5 Å². The number of nitrogens with one attached hydrogen (secondary N) is 2. The topological polar surface area (TPSA) is 96.9 Å². The summed E-state index contributed by atoms with van der Waals surface area (Å²) in [6.07, 6.45) is 0.558. The van der Waals surface area contributed by atoms with Crippen molar-refractivity contribution in [2.45, 2.75) is 18.9 Å². The molecule has 3 N–H and O–H groups in total. The number of fused-ring (bicyclic) bond motifs is 1. The van der Waals surface area contributed by atoms with Gasteiger partial charge in [0.15, 0.2) is 0 Å². The van der Waals surface area contributed by atoms with Gasteiger partial charge in [-0.25, -0.2) is 4.79 Å². The van der Waals surface area contributed by atoms with Crippen LogP contribution in [0.25, 0.3) is 0 Å². The molecule has 7 heteroatoms. The van der Waals surface area contributed by atoms with E-state index in [0.29, 0.717) is 13.0 Å². The van der Waals surface area contributed by atoms with Gasteiger partial charge in [-0.3, -0.25) is 4.79 Å². The summed E-state index contributed by atoms with van der Waals surface area (Å²) in [5.41, 5.74) is 0.998. The molecule has 1 atom stereocenters. The molecule has 0 spiro atoms. The van der Waals surface area contributed by atoms with Crippen LogP contribution in [-0.4, -0.2) is 43.4 Å². The Balaban J connectivity index is 1.84. The van der Waals surface area contributed by atoms with E-state index in [2.05, 4.69) is 10.6 Å². The third-order valence-corrected chi connectivity index (χ3v) is 3.14. The smallest absolute Gasteiger partial charge is 0.315 e. The Hall–Kier alpha value is -2.44. The molecule has 7 nitrogen and oxygen atoms in total. The van der Waals surface area contributed by atoms with Crippen LogP contribution >= 0.6 is 0 Å². The van der Waals surface area contributed by atoms with Gasteiger partial charge in [0, 0.05) is 12.6 Å². The number of carbonyl (C=O) groups excluding carboxylic acids is 1. The Kier molecular flexibility index (Phi) is 4.86. The van der Waals surface area contributed by atoms with Crippen molar-refractivity contribution in [1.82, 2.24) is 10.6 Å². The predicted molar refractivity (Wildman–Crippen MR) is 74.8 cm³/mol. The summed E-state index contributed by atoms with van der Waals surface area (Å²) in [4.78, 5) is 22.0. The van der Waals surface area contributed by atoms with Crippen molar-refractivity contribution in [2.75, 3.05) is 20.3 Å². The second-order valence-electron chi connectivity index (χ2n) is 4.73. The third kappa shape index (κ3) is 4.27. The molecule has 0 bridgehead atoms. The molecule has 1 heterocycles. The minimum absolute atomic E-state index is 0.0997. The minimum Gasteiger partial charge on any atom is -0.497 e. The fraction of sp³-hybridized carbons (Fsp3) is 0.429. The van der Waals surface area contributed by atoms with E-state index in [0.717, 1.165) is 17.1 Å². The normalized spacial score (nSPS) is 16.3. The first kappa shape index (κ1) is 15.0. The molecule has 1 unspecified atom stereocenters. The largest absolute Gasteiger partial charge is 0.497 e. The average molecular weight is 294 g/mol. The lowest BCUT2D eigenvalue weighted by Crippen LogP contribution is -2.47. The Labute approximate surface area is 122 Å². The number of urea groups is 1. The SMILES string of the molecule is COc1ccc2c(c1)OCC(NC(=O)NCCC(=O)O)C2. The molecule has 0 saturated heterocycles. The second-order valence-corrected chi connectivity index (χ2v) is 4.73. The second kappa shape index (κ2) is 6.83. The molecule has 1 aromatic rings. The number of aliphatic carboxylic acids is 1. The molecule has 0 aromatic heterocycles. The number of hydrogen-bond donors (Lipinski definition) is 3. The van der Waals surface area contributed by atoms with Crippen LogP contribution in [0, 0.1) is 0 Å². The van der Waals surface area contributed by atoms with Gasteiger partial charge in [0.05, 0.1) is 19.6 Å². The summed E-state index contributed by atoms with van der Waals surface area (Å²) in [5.74, 6) is 0.546. The maximum absolute atomic E-state index is 11.6. The first-order valence-corrected chi connectivity index (χ1v) is 6.64. The quantitative estimate of drug-likeness (QED) is 0.745. The van der Waals surface area contributed by atoms with Crippen LogP contribution in [0.4, 0.5) is 4.79 Å². The van der Waals surface area contributed by atoms with Crippen LogP contribution in [0.15, 0.2) is 18.2 Å². The maximum Gasteiger partial charge on any atom is 0.315 e. The molecule has 0 aliphatic carbocycles.